The van der Waals surface area contributed by atoms with Crippen LogP contribution in [-0.2, 0) is 23.7 Å². The normalized spacial score (nSPS) is 49.4. The molecule has 0 unspecified atom stereocenters. The number of esters is 1. The van der Waals surface area contributed by atoms with Crippen LogP contribution in [0, 0.1) is 5.92 Å². The maximum atomic E-state index is 11.6. The topological polar surface area (TPSA) is 155 Å². The first kappa shape index (κ1) is 20.5. The number of hydrogen-bond donors (Lipinski definition) is 5. The number of aliphatic hydroxyl groups is 5. The fourth-order valence-corrected chi connectivity index (χ4v) is 4.22. The zero-order chi connectivity index (χ0) is 20.0. The quantitative estimate of drug-likeness (QED) is 0.345. The van der Waals surface area contributed by atoms with Crippen molar-refractivity contribution >= 4 is 5.97 Å². The lowest BCUT2D eigenvalue weighted by Gasteiger charge is -2.45. The third kappa shape index (κ3) is 3.58. The Balaban J connectivity index is 1.86. The van der Waals surface area contributed by atoms with Gasteiger partial charge in [-0.05, 0) is 13.0 Å². The lowest BCUT2D eigenvalue weighted by Crippen LogP contribution is -2.58. The molecule has 2 heterocycles. The molecule has 0 radical (unpaired) electrons. The van der Waals surface area contributed by atoms with Crippen LogP contribution in [0.5, 0.6) is 0 Å². The van der Waals surface area contributed by atoms with Gasteiger partial charge in [0, 0.05) is 19.8 Å². The molecule has 0 aromatic rings. The van der Waals surface area contributed by atoms with Crippen LogP contribution in [0.1, 0.15) is 26.7 Å². The van der Waals surface area contributed by atoms with Crippen LogP contribution in [0.3, 0.4) is 0 Å². The van der Waals surface area contributed by atoms with Gasteiger partial charge in [0.2, 0.25) is 6.29 Å². The van der Waals surface area contributed by atoms with E-state index in [1.807, 2.05) is 0 Å². The van der Waals surface area contributed by atoms with E-state index in [1.54, 1.807) is 6.92 Å². The first-order chi connectivity index (χ1) is 12.6. The average Bonchev–Trinajstić information content (AvgIpc) is 2.77. The van der Waals surface area contributed by atoms with E-state index in [2.05, 4.69) is 0 Å². The van der Waals surface area contributed by atoms with Gasteiger partial charge in [-0.25, -0.2) is 0 Å². The first-order valence-corrected chi connectivity index (χ1v) is 8.82. The summed E-state index contributed by atoms with van der Waals surface area (Å²) in [7, 11) is 0. The van der Waals surface area contributed by atoms with Gasteiger partial charge >= 0.3 is 5.97 Å². The second kappa shape index (κ2) is 7.28. The van der Waals surface area contributed by atoms with Crippen molar-refractivity contribution in [2.75, 3.05) is 6.61 Å². The molecule has 27 heavy (non-hydrogen) atoms. The van der Waals surface area contributed by atoms with Crippen LogP contribution in [0.4, 0.5) is 0 Å². The van der Waals surface area contributed by atoms with Crippen molar-refractivity contribution in [3.05, 3.63) is 12.3 Å². The van der Waals surface area contributed by atoms with E-state index in [0.717, 1.165) is 6.26 Å². The third-order valence-electron chi connectivity index (χ3n) is 5.46. The summed E-state index contributed by atoms with van der Waals surface area (Å²) in [6.45, 7) is 2.37. The first-order valence-electron chi connectivity index (χ1n) is 8.82. The second-order valence-electron chi connectivity index (χ2n) is 7.54. The Bertz CT molecular complexity index is 596. The molecule has 2 fully saturated rings. The molecule has 1 saturated carbocycles. The highest BCUT2D eigenvalue weighted by atomic mass is 16.8. The van der Waals surface area contributed by atoms with E-state index >= 15 is 0 Å². The zero-order valence-corrected chi connectivity index (χ0v) is 15.1. The lowest BCUT2D eigenvalue weighted by molar-refractivity contribution is -0.336. The summed E-state index contributed by atoms with van der Waals surface area (Å²) in [6, 6.07) is 0. The van der Waals surface area contributed by atoms with Crippen LogP contribution in [0.15, 0.2) is 12.3 Å². The van der Waals surface area contributed by atoms with E-state index in [1.165, 1.54) is 13.0 Å². The van der Waals surface area contributed by atoms with Crippen LogP contribution in [0.2, 0.25) is 0 Å². The summed E-state index contributed by atoms with van der Waals surface area (Å²) >= 11 is 0. The lowest BCUT2D eigenvalue weighted by atomic mass is 9.81. The molecule has 3 aliphatic rings. The number of carbonyl (C=O) groups excluding carboxylic acids is 1. The molecule has 2 aliphatic heterocycles. The highest BCUT2D eigenvalue weighted by Gasteiger charge is 2.66. The largest absolute Gasteiger partial charge is 0.472 e. The minimum absolute atomic E-state index is 0.0280. The van der Waals surface area contributed by atoms with Crippen molar-refractivity contribution in [3.8, 4) is 0 Å². The Labute approximate surface area is 155 Å². The Hall–Kier alpha value is -1.27. The molecule has 0 amide bonds. The summed E-state index contributed by atoms with van der Waals surface area (Å²) in [5.41, 5.74) is -3.11. The summed E-state index contributed by atoms with van der Waals surface area (Å²) in [5.74, 6) is -1.64. The average molecular weight is 390 g/mol. The van der Waals surface area contributed by atoms with Crippen molar-refractivity contribution in [3.63, 3.8) is 0 Å². The Morgan fingerprint density at radius 2 is 2.00 bits per heavy atom. The number of fused-ring (bicyclic) bond motifs is 1. The maximum absolute atomic E-state index is 11.6. The molecule has 0 aromatic carbocycles. The predicted molar refractivity (Wildman–Crippen MR) is 86.7 cm³/mol. The van der Waals surface area contributed by atoms with E-state index in [9.17, 15) is 30.3 Å². The van der Waals surface area contributed by atoms with Gasteiger partial charge < -0.3 is 44.5 Å². The SMILES string of the molecule is CC(=O)O[C@@]1(C)C[C@@H](O)[C@]2(O)C=CO[C@@H](O[C@@H]3O[C@H](CO)C[C@H](O)[C@@H]3O)[C@@H]21. The standard InChI is InChI=1S/C17H26O10/c1-8(19)27-16(2)6-11(21)17(23)3-4-24-15(13(16)17)26-14-12(22)10(20)5-9(7-18)25-14/h3-4,9-15,18,20-23H,5-7H2,1-2H3/t9-,10-,11+,12-,13+,14-,15-,16-,17+/m0/s1. The van der Waals surface area contributed by atoms with E-state index in [4.69, 9.17) is 18.9 Å². The van der Waals surface area contributed by atoms with Gasteiger partial charge in [0.15, 0.2) is 6.29 Å². The highest BCUT2D eigenvalue weighted by Crippen LogP contribution is 2.51. The third-order valence-corrected chi connectivity index (χ3v) is 5.46. The van der Waals surface area contributed by atoms with Gasteiger partial charge in [0.25, 0.3) is 0 Å². The summed E-state index contributed by atoms with van der Waals surface area (Å²) in [6.07, 6.45) is -4.82. The summed E-state index contributed by atoms with van der Waals surface area (Å²) < 4.78 is 21.9. The van der Waals surface area contributed by atoms with Crippen molar-refractivity contribution in [1.82, 2.24) is 0 Å². The molecule has 1 saturated heterocycles. The van der Waals surface area contributed by atoms with Gasteiger partial charge in [-0.2, -0.15) is 0 Å². The van der Waals surface area contributed by atoms with Crippen LogP contribution < -0.4 is 0 Å². The minimum Gasteiger partial charge on any atom is -0.472 e. The van der Waals surface area contributed by atoms with Gasteiger partial charge in [-0.15, -0.1) is 0 Å². The zero-order valence-electron chi connectivity index (χ0n) is 15.1. The molecule has 0 aromatic heterocycles. The molecule has 10 heteroatoms. The molecular weight excluding hydrogens is 364 g/mol. The van der Waals surface area contributed by atoms with Crippen molar-refractivity contribution in [2.45, 2.75) is 74.9 Å². The Morgan fingerprint density at radius 3 is 2.63 bits per heavy atom. The number of ether oxygens (including phenoxy) is 4. The highest BCUT2D eigenvalue weighted by molar-refractivity contribution is 5.66. The monoisotopic (exact) mass is 390 g/mol. The maximum Gasteiger partial charge on any atom is 0.303 e. The number of hydrogen-bond acceptors (Lipinski definition) is 10. The second-order valence-corrected chi connectivity index (χ2v) is 7.54. The van der Waals surface area contributed by atoms with E-state index in [-0.39, 0.29) is 19.4 Å². The number of rotatable bonds is 4. The van der Waals surface area contributed by atoms with Crippen LogP contribution >= 0.6 is 0 Å². The van der Waals surface area contributed by atoms with Gasteiger partial charge in [-0.1, -0.05) is 0 Å². The summed E-state index contributed by atoms with van der Waals surface area (Å²) in [4.78, 5) is 11.6. The molecule has 154 valence electrons. The van der Waals surface area contributed by atoms with Crippen LogP contribution in [0.25, 0.3) is 0 Å². The summed E-state index contributed by atoms with van der Waals surface area (Å²) in [5, 5.41) is 50.7. The molecule has 3 rings (SSSR count). The minimum atomic E-state index is -1.79. The molecule has 10 nitrogen and oxygen atoms in total. The van der Waals surface area contributed by atoms with Crippen molar-refractivity contribution < 1.29 is 49.3 Å². The molecule has 5 N–H and O–H groups in total. The van der Waals surface area contributed by atoms with Gasteiger partial charge in [-0.3, -0.25) is 4.79 Å². The van der Waals surface area contributed by atoms with Crippen LogP contribution in [-0.4, -0.2) is 86.3 Å². The molecule has 1 aliphatic carbocycles. The number of aliphatic hydroxyl groups excluding tert-OH is 4. The van der Waals surface area contributed by atoms with E-state index < -0.39 is 60.1 Å². The van der Waals surface area contributed by atoms with Crippen molar-refractivity contribution in [1.29, 1.82) is 0 Å². The molecule has 0 bridgehead atoms. The molecule has 0 spiro atoms. The Kier molecular flexibility index (Phi) is 5.52. The smallest absolute Gasteiger partial charge is 0.303 e. The molecule has 9 atom stereocenters. The fourth-order valence-electron chi connectivity index (χ4n) is 4.22. The fraction of sp³-hybridized carbons (Fsp3) is 0.824. The predicted octanol–water partition coefficient (Wildman–Crippen LogP) is -1.86. The number of carbonyl (C=O) groups is 1. The van der Waals surface area contributed by atoms with Gasteiger partial charge in [0.1, 0.15) is 17.3 Å². The van der Waals surface area contributed by atoms with Crippen molar-refractivity contribution in [2.24, 2.45) is 5.92 Å². The Morgan fingerprint density at radius 1 is 1.30 bits per heavy atom. The molecular formula is C17H26O10. The van der Waals surface area contributed by atoms with E-state index in [0.29, 0.717) is 0 Å². The van der Waals surface area contributed by atoms with Gasteiger partial charge in [0.05, 0.1) is 37.1 Å².